The van der Waals surface area contributed by atoms with E-state index >= 15 is 0 Å². The van der Waals surface area contributed by atoms with Crippen molar-refractivity contribution in [3.05, 3.63) is 35.2 Å². The van der Waals surface area contributed by atoms with E-state index in [9.17, 15) is 13.2 Å². The minimum atomic E-state index is -3.96. The van der Waals surface area contributed by atoms with Crippen molar-refractivity contribution in [2.24, 2.45) is 0 Å². The summed E-state index contributed by atoms with van der Waals surface area (Å²) in [6, 6.07) is 3.99. The first kappa shape index (κ1) is 15.0. The Morgan fingerprint density at radius 2 is 2.14 bits per heavy atom. The number of carboxylic acids is 1. The van der Waals surface area contributed by atoms with E-state index in [1.54, 1.807) is 13.8 Å². The van der Waals surface area contributed by atoms with E-state index in [1.165, 1.54) is 12.1 Å². The first-order chi connectivity index (χ1) is 9.83. The summed E-state index contributed by atoms with van der Waals surface area (Å²) in [5.74, 6) is -0.819. The van der Waals surface area contributed by atoms with Gasteiger partial charge in [0.1, 0.15) is 5.82 Å². The monoisotopic (exact) mass is 310 g/mol. The largest absolute Gasteiger partial charge is 0.478 e. The second-order valence-electron chi connectivity index (χ2n) is 4.33. The number of sulfonamides is 1. The van der Waals surface area contributed by atoms with E-state index < -0.39 is 16.0 Å². The SMILES string of the molecule is CCc1ccc(C(=O)O)cc1S(=O)(=O)Nc1n[nH]c(C)n1. The van der Waals surface area contributed by atoms with Gasteiger partial charge in [0.15, 0.2) is 0 Å². The van der Waals surface area contributed by atoms with Crippen LogP contribution in [-0.2, 0) is 16.4 Å². The number of anilines is 1. The van der Waals surface area contributed by atoms with Crippen molar-refractivity contribution < 1.29 is 18.3 Å². The summed E-state index contributed by atoms with van der Waals surface area (Å²) in [6.07, 6.45) is 0.448. The molecule has 0 atom stereocenters. The molecule has 0 unspecified atom stereocenters. The van der Waals surface area contributed by atoms with Crippen LogP contribution in [0.3, 0.4) is 0 Å². The number of aromatic nitrogens is 3. The van der Waals surface area contributed by atoms with Crippen molar-refractivity contribution in [1.29, 1.82) is 0 Å². The number of nitrogens with zero attached hydrogens (tertiary/aromatic N) is 2. The zero-order valence-corrected chi connectivity index (χ0v) is 12.2. The molecule has 2 aromatic rings. The quantitative estimate of drug-likeness (QED) is 0.761. The number of carboxylic acid groups (broad SMARTS) is 1. The molecule has 3 N–H and O–H groups in total. The van der Waals surface area contributed by atoms with Crippen molar-refractivity contribution in [2.45, 2.75) is 25.2 Å². The average Bonchev–Trinajstić information content (AvgIpc) is 2.82. The van der Waals surface area contributed by atoms with Gasteiger partial charge in [-0.2, -0.15) is 4.98 Å². The number of benzene rings is 1. The summed E-state index contributed by atoms with van der Waals surface area (Å²) < 4.78 is 27.0. The first-order valence-corrected chi connectivity index (χ1v) is 7.60. The molecule has 1 heterocycles. The number of carbonyl (C=O) groups is 1. The van der Waals surface area contributed by atoms with E-state index in [2.05, 4.69) is 19.9 Å². The molecule has 1 aromatic heterocycles. The lowest BCUT2D eigenvalue weighted by Gasteiger charge is -2.10. The summed E-state index contributed by atoms with van der Waals surface area (Å²) in [6.45, 7) is 3.42. The fraction of sp³-hybridized carbons (Fsp3) is 0.250. The summed E-state index contributed by atoms with van der Waals surface area (Å²) in [5.41, 5.74) is 0.415. The standard InChI is InChI=1S/C12H14N4O4S/c1-3-8-4-5-9(11(17)18)6-10(8)21(19,20)16-12-13-7(2)14-15-12/h4-6H,3H2,1-2H3,(H,17,18)(H2,13,14,15,16). The summed E-state index contributed by atoms with van der Waals surface area (Å²) in [4.78, 5) is 14.8. The minimum Gasteiger partial charge on any atom is -0.478 e. The molecular formula is C12H14N4O4S. The summed E-state index contributed by atoms with van der Waals surface area (Å²) in [7, 11) is -3.96. The number of aromatic carboxylic acids is 1. The van der Waals surface area contributed by atoms with Crippen LogP contribution in [-0.4, -0.2) is 34.7 Å². The molecule has 0 aliphatic heterocycles. The Hall–Kier alpha value is -2.42. The van der Waals surface area contributed by atoms with E-state index in [0.29, 0.717) is 17.8 Å². The highest BCUT2D eigenvalue weighted by molar-refractivity contribution is 7.92. The van der Waals surface area contributed by atoms with Gasteiger partial charge in [0.2, 0.25) is 0 Å². The number of nitrogens with one attached hydrogen (secondary N) is 2. The van der Waals surface area contributed by atoms with Crippen molar-refractivity contribution in [3.63, 3.8) is 0 Å². The highest BCUT2D eigenvalue weighted by Gasteiger charge is 2.21. The van der Waals surface area contributed by atoms with Gasteiger partial charge in [0.05, 0.1) is 10.5 Å². The number of H-pyrrole nitrogens is 1. The van der Waals surface area contributed by atoms with Gasteiger partial charge in [-0.25, -0.2) is 17.9 Å². The van der Waals surface area contributed by atoms with Crippen molar-refractivity contribution in [2.75, 3.05) is 4.72 Å². The fourth-order valence-electron chi connectivity index (χ4n) is 1.79. The zero-order chi connectivity index (χ0) is 15.6. The van der Waals surface area contributed by atoms with Crippen molar-refractivity contribution in [1.82, 2.24) is 15.2 Å². The van der Waals surface area contributed by atoms with E-state index in [0.717, 1.165) is 6.07 Å². The number of rotatable bonds is 5. The molecule has 0 bridgehead atoms. The molecule has 2 rings (SSSR count). The zero-order valence-electron chi connectivity index (χ0n) is 11.4. The van der Waals surface area contributed by atoms with Crippen LogP contribution in [0.25, 0.3) is 0 Å². The maximum atomic E-state index is 12.4. The molecule has 0 amide bonds. The molecule has 8 nitrogen and oxygen atoms in total. The third kappa shape index (κ3) is 3.19. The predicted octanol–water partition coefficient (Wildman–Crippen LogP) is 1.17. The minimum absolute atomic E-state index is 0.0877. The number of hydrogen-bond acceptors (Lipinski definition) is 5. The highest BCUT2D eigenvalue weighted by Crippen LogP contribution is 2.20. The van der Waals surface area contributed by atoms with Crippen LogP contribution < -0.4 is 4.72 Å². The Labute approximate surface area is 121 Å². The van der Waals surface area contributed by atoms with Crippen molar-refractivity contribution in [3.8, 4) is 0 Å². The lowest BCUT2D eigenvalue weighted by atomic mass is 10.1. The van der Waals surface area contributed by atoms with Crippen LogP contribution in [0.4, 0.5) is 5.95 Å². The molecule has 9 heteroatoms. The lowest BCUT2D eigenvalue weighted by molar-refractivity contribution is 0.0696. The fourth-order valence-corrected chi connectivity index (χ4v) is 3.07. The van der Waals surface area contributed by atoms with E-state index in [4.69, 9.17) is 5.11 Å². The van der Waals surface area contributed by atoms with Gasteiger partial charge in [-0.05, 0) is 31.0 Å². The normalized spacial score (nSPS) is 11.3. The van der Waals surface area contributed by atoms with Gasteiger partial charge in [0.25, 0.3) is 16.0 Å². The Bertz CT molecular complexity index is 782. The molecule has 0 spiro atoms. The maximum Gasteiger partial charge on any atom is 0.335 e. The Morgan fingerprint density at radius 1 is 1.43 bits per heavy atom. The van der Waals surface area contributed by atoms with Crippen molar-refractivity contribution >= 4 is 21.9 Å². The topological polar surface area (TPSA) is 125 Å². The summed E-state index contributed by atoms with van der Waals surface area (Å²) >= 11 is 0. The summed E-state index contributed by atoms with van der Waals surface area (Å²) in [5, 5.41) is 15.2. The Kier molecular flexibility index (Phi) is 3.94. The molecule has 0 radical (unpaired) electrons. The Morgan fingerprint density at radius 3 is 2.67 bits per heavy atom. The molecule has 0 saturated heterocycles. The second kappa shape index (κ2) is 5.52. The molecular weight excluding hydrogens is 296 g/mol. The van der Waals surface area contributed by atoms with Gasteiger partial charge >= 0.3 is 5.97 Å². The number of aryl methyl sites for hydroxylation is 2. The number of hydrogen-bond donors (Lipinski definition) is 3. The Balaban J connectivity index is 2.47. The molecule has 0 aliphatic carbocycles. The second-order valence-corrected chi connectivity index (χ2v) is 5.98. The predicted molar refractivity (Wildman–Crippen MR) is 74.7 cm³/mol. The van der Waals surface area contributed by atoms with E-state index in [-0.39, 0.29) is 16.4 Å². The lowest BCUT2D eigenvalue weighted by Crippen LogP contribution is -2.16. The van der Waals surface area contributed by atoms with Gasteiger partial charge in [-0.15, -0.1) is 5.10 Å². The van der Waals surface area contributed by atoms with Gasteiger partial charge < -0.3 is 5.11 Å². The van der Waals surface area contributed by atoms with Crippen LogP contribution in [0, 0.1) is 6.92 Å². The van der Waals surface area contributed by atoms with Crippen LogP contribution in [0.5, 0.6) is 0 Å². The van der Waals surface area contributed by atoms with Crippen LogP contribution >= 0.6 is 0 Å². The molecule has 0 aliphatic rings. The number of aromatic amines is 1. The van der Waals surface area contributed by atoms with Gasteiger partial charge in [-0.1, -0.05) is 13.0 Å². The highest BCUT2D eigenvalue weighted by atomic mass is 32.2. The average molecular weight is 310 g/mol. The maximum absolute atomic E-state index is 12.4. The molecule has 0 fully saturated rings. The third-order valence-corrected chi connectivity index (χ3v) is 4.22. The van der Waals surface area contributed by atoms with Gasteiger partial charge in [-0.3, -0.25) is 5.10 Å². The smallest absolute Gasteiger partial charge is 0.335 e. The molecule has 112 valence electrons. The molecule has 21 heavy (non-hydrogen) atoms. The van der Waals surface area contributed by atoms with Crippen LogP contribution in [0.15, 0.2) is 23.1 Å². The molecule has 1 aromatic carbocycles. The first-order valence-electron chi connectivity index (χ1n) is 6.11. The van der Waals surface area contributed by atoms with Crippen LogP contribution in [0.1, 0.15) is 28.7 Å². The van der Waals surface area contributed by atoms with E-state index in [1.807, 2.05) is 0 Å². The van der Waals surface area contributed by atoms with Crippen LogP contribution in [0.2, 0.25) is 0 Å². The van der Waals surface area contributed by atoms with Gasteiger partial charge in [0, 0.05) is 0 Å². The molecule has 0 saturated carbocycles. The third-order valence-electron chi connectivity index (χ3n) is 2.81.